The second-order valence-corrected chi connectivity index (χ2v) is 17.7. The van der Waals surface area contributed by atoms with Crippen molar-refractivity contribution in [3.8, 4) is 0 Å². The molecule has 0 bridgehead atoms. The lowest BCUT2D eigenvalue weighted by Crippen LogP contribution is -2.64. The number of hydrogen-bond acceptors (Lipinski definition) is 12. The van der Waals surface area contributed by atoms with Gasteiger partial charge in [0.25, 0.3) is 0 Å². The molecule has 0 amide bonds. The number of esters is 2. The van der Waals surface area contributed by atoms with Gasteiger partial charge >= 0.3 is 19.8 Å². The average Bonchev–Trinajstić information content (AvgIpc) is 3.21. The Morgan fingerprint density at radius 2 is 0.864 bits per heavy atom. The number of rotatable bonds is 38. The summed E-state index contributed by atoms with van der Waals surface area (Å²) in [6.45, 7) is 3.27. The van der Waals surface area contributed by atoms with Gasteiger partial charge in [0, 0.05) is 12.8 Å². The molecular weight excluding hydrogens is 779 g/mol. The van der Waals surface area contributed by atoms with E-state index in [9.17, 15) is 44.6 Å². The first kappa shape index (κ1) is 55.3. The zero-order chi connectivity index (χ0) is 43.6. The maximum absolute atomic E-state index is 12.8. The van der Waals surface area contributed by atoms with Crippen LogP contribution >= 0.6 is 7.82 Å². The van der Waals surface area contributed by atoms with E-state index in [1.165, 1.54) is 96.3 Å². The third-order valence-corrected chi connectivity index (χ3v) is 11.8. The monoisotopic (exact) mass is 863 g/mol. The van der Waals surface area contributed by atoms with E-state index in [4.69, 9.17) is 18.5 Å². The Labute approximate surface area is 356 Å². The van der Waals surface area contributed by atoms with Crippen LogP contribution < -0.4 is 0 Å². The van der Waals surface area contributed by atoms with Crippen molar-refractivity contribution in [2.24, 2.45) is 0 Å². The number of carbonyl (C=O) groups excluding carboxylic acids is 2. The van der Waals surface area contributed by atoms with Crippen molar-refractivity contribution in [2.75, 3.05) is 13.2 Å². The SMILES string of the molecule is CCCCCC/C=C/CCCCCCCCCCCC(=O)O[C@H](COC(=O)CCCCC/C=C/CCCCCCCC)COP(=O)(O)OC1C(O)C(O)C(O)[C@H](O)C1O. The maximum atomic E-state index is 12.8. The van der Waals surface area contributed by atoms with Gasteiger partial charge < -0.3 is 39.9 Å². The number of aliphatic hydroxyl groups is 5. The first-order chi connectivity index (χ1) is 28.4. The Morgan fingerprint density at radius 3 is 1.32 bits per heavy atom. The summed E-state index contributed by atoms with van der Waals surface area (Å²) in [5.41, 5.74) is 0. The van der Waals surface area contributed by atoms with Gasteiger partial charge in [0.1, 0.15) is 43.2 Å². The summed E-state index contributed by atoms with van der Waals surface area (Å²) in [6.07, 6.45) is 25.2. The van der Waals surface area contributed by atoms with Crippen LogP contribution in [-0.2, 0) is 32.7 Å². The lowest BCUT2D eigenvalue weighted by atomic mass is 9.85. The Kier molecular flexibility index (Phi) is 33.7. The van der Waals surface area contributed by atoms with Gasteiger partial charge in [0.15, 0.2) is 6.10 Å². The molecule has 1 saturated carbocycles. The lowest BCUT2D eigenvalue weighted by Gasteiger charge is -2.41. The topological polar surface area (TPSA) is 210 Å². The molecule has 6 unspecified atom stereocenters. The molecule has 6 N–H and O–H groups in total. The number of phosphoric acid groups is 1. The Balaban J connectivity index is 2.46. The number of unbranched alkanes of at least 4 members (excludes halogenated alkanes) is 22. The lowest BCUT2D eigenvalue weighted by molar-refractivity contribution is -0.220. The van der Waals surface area contributed by atoms with Crippen LogP contribution in [0.2, 0.25) is 0 Å². The second-order valence-electron chi connectivity index (χ2n) is 16.3. The van der Waals surface area contributed by atoms with E-state index in [2.05, 4.69) is 38.2 Å². The van der Waals surface area contributed by atoms with Crippen LogP contribution in [0.4, 0.5) is 0 Å². The fraction of sp³-hybridized carbons (Fsp3) is 0.867. The highest BCUT2D eigenvalue weighted by atomic mass is 31.2. The van der Waals surface area contributed by atoms with E-state index in [0.29, 0.717) is 12.8 Å². The van der Waals surface area contributed by atoms with Gasteiger partial charge in [0.2, 0.25) is 0 Å². The zero-order valence-electron chi connectivity index (χ0n) is 36.6. The Morgan fingerprint density at radius 1 is 0.508 bits per heavy atom. The Bertz CT molecular complexity index is 1130. The van der Waals surface area contributed by atoms with Crippen molar-refractivity contribution in [3.05, 3.63) is 24.3 Å². The normalized spacial score (nSPS) is 22.5. The third-order valence-electron chi connectivity index (χ3n) is 10.8. The Hall–Kier alpha value is -1.67. The van der Waals surface area contributed by atoms with Crippen LogP contribution in [0.25, 0.3) is 0 Å². The van der Waals surface area contributed by atoms with Crippen molar-refractivity contribution < 1.29 is 63.1 Å². The molecule has 8 atom stereocenters. The van der Waals surface area contributed by atoms with Crippen LogP contribution in [0, 0.1) is 0 Å². The molecule has 346 valence electrons. The molecule has 0 heterocycles. The van der Waals surface area contributed by atoms with Crippen molar-refractivity contribution in [2.45, 2.75) is 236 Å². The predicted octanol–water partition coefficient (Wildman–Crippen LogP) is 8.84. The predicted molar refractivity (Wildman–Crippen MR) is 230 cm³/mol. The highest BCUT2D eigenvalue weighted by molar-refractivity contribution is 7.47. The van der Waals surface area contributed by atoms with Crippen LogP contribution in [0.5, 0.6) is 0 Å². The second kappa shape index (κ2) is 35.9. The first-order valence-electron chi connectivity index (χ1n) is 23.1. The molecule has 0 spiro atoms. The summed E-state index contributed by atoms with van der Waals surface area (Å²) < 4.78 is 33.5. The molecule has 1 aliphatic rings. The molecular formula is C45H83O13P. The summed E-state index contributed by atoms with van der Waals surface area (Å²) in [5.74, 6) is -1.12. The zero-order valence-corrected chi connectivity index (χ0v) is 37.4. The van der Waals surface area contributed by atoms with Gasteiger partial charge in [0.05, 0.1) is 6.61 Å². The number of allylic oxidation sites excluding steroid dienone is 4. The molecule has 13 nitrogen and oxygen atoms in total. The molecule has 1 rings (SSSR count). The molecule has 0 saturated heterocycles. The van der Waals surface area contributed by atoms with Gasteiger partial charge in [-0.05, 0) is 64.2 Å². The molecule has 0 aromatic carbocycles. The fourth-order valence-corrected chi connectivity index (χ4v) is 7.95. The van der Waals surface area contributed by atoms with Crippen LogP contribution in [0.3, 0.4) is 0 Å². The first-order valence-corrected chi connectivity index (χ1v) is 24.6. The molecule has 0 radical (unpaired) electrons. The highest BCUT2D eigenvalue weighted by Gasteiger charge is 2.51. The number of aliphatic hydroxyl groups excluding tert-OH is 5. The van der Waals surface area contributed by atoms with Crippen LogP contribution in [0.15, 0.2) is 24.3 Å². The van der Waals surface area contributed by atoms with Gasteiger partial charge in [-0.15, -0.1) is 0 Å². The van der Waals surface area contributed by atoms with Crippen molar-refractivity contribution in [1.82, 2.24) is 0 Å². The minimum atomic E-state index is -5.12. The minimum absolute atomic E-state index is 0.0931. The number of phosphoric ester groups is 1. The average molecular weight is 863 g/mol. The number of hydrogen-bond donors (Lipinski definition) is 6. The van der Waals surface area contributed by atoms with E-state index in [1.807, 2.05) is 0 Å². The molecule has 1 fully saturated rings. The smallest absolute Gasteiger partial charge is 0.462 e. The molecule has 1 aliphatic carbocycles. The van der Waals surface area contributed by atoms with Crippen LogP contribution in [-0.4, -0.2) is 98.3 Å². The standard InChI is InChI=1S/C45H83O13P/c1-3-5-7-9-11-13-15-17-18-19-20-22-24-26-28-30-32-34-39(47)57-37(36-56-59(53,54)58-45-43(51)41(49)40(48)42(50)44(45)52)35-55-38(46)33-31-29-27-25-23-21-16-14-12-10-8-6-4-2/h13,15,21,23,37,40-45,48-52H,3-12,14,16-20,22,24-36H2,1-2H3,(H,53,54)/b15-13+,23-21+/t37-,40?,41+,42?,43?,44?,45?/m1/s1. The maximum Gasteiger partial charge on any atom is 0.472 e. The van der Waals surface area contributed by atoms with Crippen LogP contribution in [0.1, 0.15) is 194 Å². The fourth-order valence-electron chi connectivity index (χ4n) is 6.98. The van der Waals surface area contributed by atoms with Gasteiger partial charge in [-0.3, -0.25) is 18.6 Å². The van der Waals surface area contributed by atoms with E-state index >= 15 is 0 Å². The van der Waals surface area contributed by atoms with E-state index in [-0.39, 0.29) is 12.8 Å². The molecule has 0 aromatic rings. The van der Waals surface area contributed by atoms with E-state index < -0.39 is 75.7 Å². The molecule has 14 heteroatoms. The van der Waals surface area contributed by atoms with Gasteiger partial charge in [-0.25, -0.2) is 4.57 Å². The highest BCUT2D eigenvalue weighted by Crippen LogP contribution is 2.47. The van der Waals surface area contributed by atoms with E-state index in [1.54, 1.807) is 0 Å². The number of carbonyl (C=O) groups is 2. The van der Waals surface area contributed by atoms with Gasteiger partial charge in [-0.2, -0.15) is 0 Å². The van der Waals surface area contributed by atoms with E-state index in [0.717, 1.165) is 57.8 Å². The summed E-state index contributed by atoms with van der Waals surface area (Å²) in [7, 11) is -5.12. The quantitative estimate of drug-likeness (QED) is 0.0149. The summed E-state index contributed by atoms with van der Waals surface area (Å²) in [4.78, 5) is 35.7. The summed E-state index contributed by atoms with van der Waals surface area (Å²) in [5, 5.41) is 50.1. The minimum Gasteiger partial charge on any atom is -0.462 e. The van der Waals surface area contributed by atoms with Gasteiger partial charge in [-0.1, -0.05) is 141 Å². The van der Waals surface area contributed by atoms with Crippen molar-refractivity contribution in [1.29, 1.82) is 0 Å². The number of ether oxygens (including phenoxy) is 2. The van der Waals surface area contributed by atoms with Crippen molar-refractivity contribution >= 4 is 19.8 Å². The summed E-state index contributed by atoms with van der Waals surface area (Å²) >= 11 is 0. The third kappa shape index (κ3) is 28.5. The molecule has 0 aliphatic heterocycles. The largest absolute Gasteiger partial charge is 0.472 e. The molecule has 59 heavy (non-hydrogen) atoms. The van der Waals surface area contributed by atoms with Crippen molar-refractivity contribution in [3.63, 3.8) is 0 Å². The summed E-state index contributed by atoms with van der Waals surface area (Å²) in [6, 6.07) is 0. The molecule has 0 aromatic heterocycles.